The lowest BCUT2D eigenvalue weighted by molar-refractivity contribution is -0.138. The van der Waals surface area contributed by atoms with Gasteiger partial charge in [-0.25, -0.2) is 0 Å². The summed E-state index contributed by atoms with van der Waals surface area (Å²) in [6, 6.07) is -0.978. The Kier molecular flexibility index (Phi) is 4.88. The molecule has 108 valence electrons. The third kappa shape index (κ3) is 4.86. The molecule has 2 atom stereocenters. The Hall–Kier alpha value is -1.63. The Morgan fingerprint density at radius 1 is 1.47 bits per heavy atom. The molecule has 0 aliphatic carbocycles. The molecule has 0 aromatic rings. The number of aliphatic carboxylic acids is 1. The van der Waals surface area contributed by atoms with Gasteiger partial charge in [0, 0.05) is 12.6 Å². The van der Waals surface area contributed by atoms with Crippen LogP contribution < -0.4 is 16.0 Å². The third-order valence-corrected chi connectivity index (χ3v) is 3.07. The van der Waals surface area contributed by atoms with Crippen LogP contribution in [-0.4, -0.2) is 48.1 Å². The number of hydrogen-bond donors (Lipinski definition) is 4. The van der Waals surface area contributed by atoms with Gasteiger partial charge in [0.2, 0.25) is 11.8 Å². The molecular weight excluding hydrogens is 250 g/mol. The van der Waals surface area contributed by atoms with Gasteiger partial charge >= 0.3 is 5.97 Å². The highest BCUT2D eigenvalue weighted by Crippen LogP contribution is 2.22. The van der Waals surface area contributed by atoms with E-state index in [0.717, 1.165) is 0 Å². The number of nitrogens with one attached hydrogen (secondary N) is 3. The van der Waals surface area contributed by atoms with Crippen molar-refractivity contribution in [1.29, 1.82) is 0 Å². The van der Waals surface area contributed by atoms with Gasteiger partial charge in [-0.2, -0.15) is 0 Å². The molecular formula is C12H21N3O4. The second kappa shape index (κ2) is 6.01. The average molecular weight is 271 g/mol. The lowest BCUT2D eigenvalue weighted by Gasteiger charge is -2.32. The molecule has 0 radical (unpaired) electrons. The van der Waals surface area contributed by atoms with Gasteiger partial charge in [-0.3, -0.25) is 19.7 Å². The summed E-state index contributed by atoms with van der Waals surface area (Å²) in [5.74, 6) is -1.40. The van der Waals surface area contributed by atoms with E-state index in [9.17, 15) is 14.4 Å². The molecule has 0 spiro atoms. The van der Waals surface area contributed by atoms with E-state index < -0.39 is 18.1 Å². The predicted molar refractivity (Wildman–Crippen MR) is 68.4 cm³/mol. The molecule has 7 nitrogen and oxygen atoms in total. The van der Waals surface area contributed by atoms with Gasteiger partial charge in [-0.15, -0.1) is 0 Å². The van der Waals surface area contributed by atoms with Crippen LogP contribution in [0.3, 0.4) is 0 Å². The highest BCUT2D eigenvalue weighted by molar-refractivity contribution is 5.87. The lowest BCUT2D eigenvalue weighted by Crippen LogP contribution is -2.60. The van der Waals surface area contributed by atoms with Gasteiger partial charge in [0.25, 0.3) is 0 Å². The summed E-state index contributed by atoms with van der Waals surface area (Å²) in [5.41, 5.74) is -0.355. The Balaban J connectivity index is 2.60. The fourth-order valence-electron chi connectivity index (χ4n) is 1.77. The van der Waals surface area contributed by atoms with Crippen molar-refractivity contribution < 1.29 is 19.5 Å². The van der Waals surface area contributed by atoms with Crippen molar-refractivity contribution in [2.24, 2.45) is 5.41 Å². The highest BCUT2D eigenvalue weighted by atomic mass is 16.4. The molecule has 7 heteroatoms. The van der Waals surface area contributed by atoms with Crippen LogP contribution in [0.25, 0.3) is 0 Å². The molecule has 0 saturated carbocycles. The summed E-state index contributed by atoms with van der Waals surface area (Å²) in [6.45, 7) is 5.93. The fraction of sp³-hybridized carbons (Fsp3) is 0.750. The van der Waals surface area contributed by atoms with Crippen LogP contribution in [0.4, 0.5) is 0 Å². The largest absolute Gasteiger partial charge is 0.481 e. The Morgan fingerprint density at radius 2 is 2.11 bits per heavy atom. The van der Waals surface area contributed by atoms with E-state index in [1.807, 2.05) is 20.8 Å². The smallest absolute Gasteiger partial charge is 0.305 e. The SMILES string of the molecule is CC(C)(C)C(CC(=O)O)NC(=O)C1CNC(=O)CN1. The molecule has 2 unspecified atom stereocenters. The van der Waals surface area contributed by atoms with Gasteiger partial charge in [-0.1, -0.05) is 20.8 Å². The molecule has 1 aliphatic heterocycles. The van der Waals surface area contributed by atoms with Crippen LogP contribution in [0.2, 0.25) is 0 Å². The molecule has 1 fully saturated rings. The summed E-state index contributed by atoms with van der Waals surface area (Å²) in [5, 5.41) is 17.0. The first-order chi connectivity index (χ1) is 8.70. The molecule has 1 saturated heterocycles. The van der Waals surface area contributed by atoms with Crippen LogP contribution in [0.5, 0.6) is 0 Å². The van der Waals surface area contributed by atoms with E-state index in [4.69, 9.17) is 5.11 Å². The number of rotatable bonds is 4. The van der Waals surface area contributed by atoms with E-state index in [2.05, 4.69) is 16.0 Å². The lowest BCUT2D eigenvalue weighted by atomic mass is 9.84. The van der Waals surface area contributed by atoms with E-state index in [1.165, 1.54) is 0 Å². The van der Waals surface area contributed by atoms with Gasteiger partial charge in [0.05, 0.1) is 13.0 Å². The van der Waals surface area contributed by atoms with Gasteiger partial charge in [0.15, 0.2) is 0 Å². The maximum absolute atomic E-state index is 12.0. The second-order valence-corrected chi connectivity index (χ2v) is 5.76. The first-order valence-corrected chi connectivity index (χ1v) is 6.22. The zero-order valence-corrected chi connectivity index (χ0v) is 11.4. The summed E-state index contributed by atoms with van der Waals surface area (Å²) < 4.78 is 0. The molecule has 2 amide bonds. The molecule has 1 rings (SSSR count). The average Bonchev–Trinajstić information content (AvgIpc) is 2.27. The minimum Gasteiger partial charge on any atom is -0.481 e. The molecule has 1 heterocycles. The predicted octanol–water partition coefficient (Wildman–Crippen LogP) is -0.920. The monoisotopic (exact) mass is 271 g/mol. The Morgan fingerprint density at radius 3 is 2.53 bits per heavy atom. The van der Waals surface area contributed by atoms with Crippen LogP contribution in [-0.2, 0) is 14.4 Å². The molecule has 0 aromatic heterocycles. The van der Waals surface area contributed by atoms with Gasteiger partial charge in [-0.05, 0) is 5.41 Å². The van der Waals surface area contributed by atoms with Crippen LogP contribution >= 0.6 is 0 Å². The second-order valence-electron chi connectivity index (χ2n) is 5.76. The Labute approximate surface area is 112 Å². The van der Waals surface area contributed by atoms with E-state index in [-0.39, 0.29) is 36.7 Å². The highest BCUT2D eigenvalue weighted by Gasteiger charge is 2.31. The maximum atomic E-state index is 12.0. The number of carbonyl (C=O) groups is 3. The van der Waals surface area contributed by atoms with Crippen molar-refractivity contribution in [2.45, 2.75) is 39.3 Å². The van der Waals surface area contributed by atoms with Crippen LogP contribution in [0.15, 0.2) is 0 Å². The van der Waals surface area contributed by atoms with Crippen LogP contribution in [0.1, 0.15) is 27.2 Å². The quantitative estimate of drug-likeness (QED) is 0.529. The number of carboxylic acids is 1. The van der Waals surface area contributed by atoms with Crippen molar-refractivity contribution >= 4 is 17.8 Å². The molecule has 0 bridgehead atoms. The normalized spacial score (nSPS) is 21.4. The molecule has 19 heavy (non-hydrogen) atoms. The topological polar surface area (TPSA) is 108 Å². The standard InChI is InChI=1S/C12H21N3O4/c1-12(2,3)8(4-10(17)18)15-11(19)7-5-14-9(16)6-13-7/h7-8,13H,4-6H2,1-3H3,(H,14,16)(H,15,19)(H,17,18). The van der Waals surface area contributed by atoms with Crippen molar-refractivity contribution in [3.05, 3.63) is 0 Å². The van der Waals surface area contributed by atoms with Crippen molar-refractivity contribution in [3.63, 3.8) is 0 Å². The van der Waals surface area contributed by atoms with Crippen molar-refractivity contribution in [1.82, 2.24) is 16.0 Å². The molecule has 0 aromatic carbocycles. The first-order valence-electron chi connectivity index (χ1n) is 6.22. The summed E-state index contributed by atoms with van der Waals surface area (Å²) in [6.07, 6.45) is -0.131. The summed E-state index contributed by atoms with van der Waals surface area (Å²) in [7, 11) is 0. The van der Waals surface area contributed by atoms with Gasteiger partial charge < -0.3 is 15.7 Å². The third-order valence-electron chi connectivity index (χ3n) is 3.07. The first kappa shape index (κ1) is 15.4. The Bertz CT molecular complexity index is 366. The molecule has 1 aliphatic rings. The maximum Gasteiger partial charge on any atom is 0.305 e. The molecule has 4 N–H and O–H groups in total. The summed E-state index contributed by atoms with van der Waals surface area (Å²) in [4.78, 5) is 33.8. The summed E-state index contributed by atoms with van der Waals surface area (Å²) >= 11 is 0. The number of amides is 2. The number of hydrogen-bond acceptors (Lipinski definition) is 4. The van der Waals surface area contributed by atoms with Crippen molar-refractivity contribution in [3.8, 4) is 0 Å². The van der Waals surface area contributed by atoms with E-state index in [0.29, 0.717) is 0 Å². The minimum absolute atomic E-state index is 0.0944. The van der Waals surface area contributed by atoms with E-state index >= 15 is 0 Å². The zero-order chi connectivity index (χ0) is 14.6. The fourth-order valence-corrected chi connectivity index (χ4v) is 1.77. The number of piperazine rings is 1. The van der Waals surface area contributed by atoms with Crippen molar-refractivity contribution in [2.75, 3.05) is 13.1 Å². The zero-order valence-electron chi connectivity index (χ0n) is 11.4. The van der Waals surface area contributed by atoms with Crippen LogP contribution in [0, 0.1) is 5.41 Å². The van der Waals surface area contributed by atoms with Gasteiger partial charge in [0.1, 0.15) is 6.04 Å². The van der Waals surface area contributed by atoms with E-state index in [1.54, 1.807) is 0 Å². The number of carbonyl (C=O) groups excluding carboxylic acids is 2. The number of carboxylic acid groups (broad SMARTS) is 1. The minimum atomic E-state index is -0.954.